The van der Waals surface area contributed by atoms with Gasteiger partial charge in [-0.15, -0.1) is 0 Å². The van der Waals surface area contributed by atoms with Crippen LogP contribution >= 0.6 is 0 Å². The van der Waals surface area contributed by atoms with Crippen LogP contribution in [0.25, 0.3) is 11.3 Å². The molecule has 10 nitrogen and oxygen atoms in total. The summed E-state index contributed by atoms with van der Waals surface area (Å²) in [6.45, 7) is 1.14. The molecule has 204 valence electrons. The van der Waals surface area contributed by atoms with Gasteiger partial charge in [0.05, 0.1) is 11.6 Å². The Hall–Kier alpha value is -4.60. The number of hydrogen-bond donors (Lipinski definition) is 2. The van der Waals surface area contributed by atoms with Crippen LogP contribution in [0.3, 0.4) is 0 Å². The number of likely N-dealkylation sites (tertiary alicyclic amines) is 1. The zero-order valence-corrected chi connectivity index (χ0v) is 22.6. The monoisotopic (exact) mass is 529 g/mol. The maximum Gasteiger partial charge on any atom is 0.226 e. The molecule has 1 saturated heterocycles. The molecular formula is C29H35N7O3. The Bertz CT molecular complexity index is 1330. The second-order valence-electron chi connectivity index (χ2n) is 9.52. The number of ether oxygens (including phenoxy) is 1. The number of aldehydes is 1. The number of rotatable bonds is 10. The van der Waals surface area contributed by atoms with Crippen molar-refractivity contribution >= 4 is 18.0 Å². The van der Waals surface area contributed by atoms with E-state index in [1.54, 1.807) is 11.7 Å². The van der Waals surface area contributed by atoms with E-state index in [1.165, 1.54) is 0 Å². The molecule has 1 atom stereocenters. The van der Waals surface area contributed by atoms with Crippen molar-refractivity contribution in [3.8, 4) is 22.8 Å². The van der Waals surface area contributed by atoms with Gasteiger partial charge in [0.25, 0.3) is 0 Å². The van der Waals surface area contributed by atoms with Crippen molar-refractivity contribution < 1.29 is 14.3 Å². The summed E-state index contributed by atoms with van der Waals surface area (Å²) in [5, 5.41) is 9.01. The molecule has 1 unspecified atom stereocenters. The Labute approximate surface area is 228 Å². The lowest BCUT2D eigenvalue weighted by Crippen LogP contribution is -2.41. The first-order valence-corrected chi connectivity index (χ1v) is 12.9. The number of nitrogens with two attached hydrogens (primary N) is 1. The normalized spacial score (nSPS) is 15.8. The number of carbonyl (C=O) groups is 2. The molecule has 0 saturated carbocycles. The zero-order valence-electron chi connectivity index (χ0n) is 22.6. The van der Waals surface area contributed by atoms with Gasteiger partial charge in [0.2, 0.25) is 5.91 Å². The van der Waals surface area contributed by atoms with Gasteiger partial charge < -0.3 is 25.7 Å². The molecule has 3 aromatic rings. The predicted octanol–water partition coefficient (Wildman–Crippen LogP) is 3.62. The number of piperidine rings is 1. The van der Waals surface area contributed by atoms with Crippen LogP contribution in [0.5, 0.6) is 11.5 Å². The van der Waals surface area contributed by atoms with Gasteiger partial charge >= 0.3 is 0 Å². The Morgan fingerprint density at radius 1 is 1.18 bits per heavy atom. The van der Waals surface area contributed by atoms with E-state index >= 15 is 0 Å². The molecule has 39 heavy (non-hydrogen) atoms. The lowest BCUT2D eigenvalue weighted by atomic mass is 10.0. The fourth-order valence-corrected chi connectivity index (χ4v) is 4.65. The maximum atomic E-state index is 12.9. The van der Waals surface area contributed by atoms with Crippen LogP contribution in [-0.4, -0.2) is 71.8 Å². The number of amides is 1. The Morgan fingerprint density at radius 3 is 2.56 bits per heavy atom. The van der Waals surface area contributed by atoms with Gasteiger partial charge in [-0.25, -0.2) is 0 Å². The van der Waals surface area contributed by atoms with Crippen LogP contribution in [0.15, 0.2) is 72.0 Å². The van der Waals surface area contributed by atoms with Crippen molar-refractivity contribution in [1.82, 2.24) is 25.0 Å². The number of para-hydroxylation sites is 1. The number of carbonyl (C=O) groups excluding carboxylic acids is 2. The lowest BCUT2D eigenvalue weighted by Gasteiger charge is -2.33. The SMILES string of the molecule is CN/N=C(/N)c1c(-c2ccc(Oc3ccccc3)cc2)nn(C2CCCN(C(=O)C/C=C/N(C)C)C2)c1C=O. The molecule has 0 bridgehead atoms. The predicted molar refractivity (Wildman–Crippen MR) is 152 cm³/mol. The Balaban J connectivity index is 1.65. The number of aromatic nitrogens is 2. The summed E-state index contributed by atoms with van der Waals surface area (Å²) in [4.78, 5) is 29.0. The molecule has 1 aliphatic heterocycles. The van der Waals surface area contributed by atoms with Crippen LogP contribution in [0.1, 0.15) is 41.4 Å². The molecule has 1 amide bonds. The highest BCUT2D eigenvalue weighted by Gasteiger charge is 2.30. The van der Waals surface area contributed by atoms with Crippen LogP contribution in [0.2, 0.25) is 0 Å². The summed E-state index contributed by atoms with van der Waals surface area (Å²) in [6.07, 6.45) is 6.40. The standard InChI is InChI=1S/C29H35N7O3/c1-31-32-29(30)27-25(20-37)36(22-9-7-18-35(19-22)26(38)12-8-17-34(2)3)33-28(27)21-13-15-24(16-14-21)39-23-10-5-4-6-11-23/h4-6,8,10-11,13-17,20,22,31H,7,9,12,18-19H2,1-3H3,(H2,30,32)/b17-8+. The van der Waals surface area contributed by atoms with Gasteiger partial charge in [-0.05, 0) is 55.4 Å². The minimum atomic E-state index is -0.170. The van der Waals surface area contributed by atoms with Gasteiger partial charge in [-0.1, -0.05) is 24.3 Å². The number of nitrogens with zero attached hydrogens (tertiary/aromatic N) is 5. The summed E-state index contributed by atoms with van der Waals surface area (Å²) in [6, 6.07) is 16.8. The third-order valence-electron chi connectivity index (χ3n) is 6.45. The maximum absolute atomic E-state index is 12.9. The van der Waals surface area contributed by atoms with E-state index in [9.17, 15) is 9.59 Å². The number of hydrazone groups is 1. The number of hydrogen-bond acceptors (Lipinski definition) is 7. The summed E-state index contributed by atoms with van der Waals surface area (Å²) >= 11 is 0. The smallest absolute Gasteiger partial charge is 0.226 e. The molecule has 1 aliphatic rings. The van der Waals surface area contributed by atoms with Crippen molar-refractivity contribution in [2.75, 3.05) is 34.2 Å². The molecule has 10 heteroatoms. The van der Waals surface area contributed by atoms with E-state index < -0.39 is 0 Å². The zero-order chi connectivity index (χ0) is 27.8. The van der Waals surface area contributed by atoms with Gasteiger partial charge in [-0.3, -0.25) is 14.3 Å². The molecule has 2 aromatic carbocycles. The summed E-state index contributed by atoms with van der Waals surface area (Å²) in [7, 11) is 5.47. The number of benzene rings is 2. The van der Waals surface area contributed by atoms with Crippen LogP contribution in [0, 0.1) is 0 Å². The fourth-order valence-electron chi connectivity index (χ4n) is 4.65. The van der Waals surface area contributed by atoms with Crippen molar-refractivity contribution in [3.05, 3.63) is 78.1 Å². The minimum absolute atomic E-state index is 0.0447. The number of nitrogens with one attached hydrogen (secondary N) is 1. The van der Waals surface area contributed by atoms with Gasteiger partial charge in [0.15, 0.2) is 12.1 Å². The molecule has 0 radical (unpaired) electrons. The minimum Gasteiger partial charge on any atom is -0.457 e. The molecule has 1 aromatic heterocycles. The highest BCUT2D eigenvalue weighted by Crippen LogP contribution is 2.32. The summed E-state index contributed by atoms with van der Waals surface area (Å²) in [5.41, 5.74) is 11.1. The first kappa shape index (κ1) is 27.4. The average molecular weight is 530 g/mol. The highest BCUT2D eigenvalue weighted by molar-refractivity contribution is 6.07. The van der Waals surface area contributed by atoms with Crippen LogP contribution in [0.4, 0.5) is 0 Å². The molecular weight excluding hydrogens is 494 g/mol. The van der Waals surface area contributed by atoms with E-state index in [2.05, 4.69) is 10.5 Å². The second-order valence-corrected chi connectivity index (χ2v) is 9.52. The van der Waals surface area contributed by atoms with E-state index in [0.717, 1.165) is 30.4 Å². The number of amidine groups is 1. The second kappa shape index (κ2) is 12.8. The van der Waals surface area contributed by atoms with Crippen molar-refractivity contribution in [1.29, 1.82) is 0 Å². The Morgan fingerprint density at radius 2 is 1.90 bits per heavy atom. The molecule has 4 rings (SSSR count). The first-order valence-electron chi connectivity index (χ1n) is 12.9. The van der Waals surface area contributed by atoms with Crippen molar-refractivity contribution in [2.45, 2.75) is 25.3 Å². The molecule has 2 heterocycles. The first-order chi connectivity index (χ1) is 18.9. The lowest BCUT2D eigenvalue weighted by molar-refractivity contribution is -0.132. The van der Waals surface area contributed by atoms with Crippen molar-refractivity contribution in [3.63, 3.8) is 0 Å². The largest absolute Gasteiger partial charge is 0.457 e. The van der Waals surface area contributed by atoms with E-state index in [4.69, 9.17) is 15.6 Å². The van der Waals surface area contributed by atoms with E-state index in [-0.39, 0.29) is 17.8 Å². The van der Waals surface area contributed by atoms with E-state index in [1.807, 2.05) is 90.8 Å². The third kappa shape index (κ3) is 6.64. The third-order valence-corrected chi connectivity index (χ3v) is 6.45. The van der Waals surface area contributed by atoms with Gasteiger partial charge in [-0.2, -0.15) is 10.2 Å². The topological polar surface area (TPSA) is 118 Å². The average Bonchev–Trinajstić information content (AvgIpc) is 3.34. The quantitative estimate of drug-likeness (QED) is 0.178. The molecule has 0 spiro atoms. The molecule has 1 fully saturated rings. The van der Waals surface area contributed by atoms with Gasteiger partial charge in [0.1, 0.15) is 22.9 Å². The molecule has 0 aliphatic carbocycles. The Kier molecular flexibility index (Phi) is 8.98. The van der Waals surface area contributed by atoms with E-state index in [0.29, 0.717) is 42.2 Å². The van der Waals surface area contributed by atoms with Gasteiger partial charge in [0, 0.05) is 46.2 Å². The summed E-state index contributed by atoms with van der Waals surface area (Å²) < 4.78 is 7.63. The van der Waals surface area contributed by atoms with Crippen LogP contribution in [-0.2, 0) is 4.79 Å². The van der Waals surface area contributed by atoms with Crippen molar-refractivity contribution in [2.24, 2.45) is 10.8 Å². The highest BCUT2D eigenvalue weighted by atomic mass is 16.5. The molecule has 3 N–H and O–H groups in total. The van der Waals surface area contributed by atoms with Crippen LogP contribution < -0.4 is 15.9 Å². The summed E-state index contributed by atoms with van der Waals surface area (Å²) in [5.74, 6) is 1.60. The fraction of sp³-hybridized carbons (Fsp3) is 0.310.